The molecule has 0 saturated carbocycles. The summed E-state index contributed by atoms with van der Waals surface area (Å²) in [5.74, 6) is -0.0487. The van der Waals surface area contributed by atoms with Gasteiger partial charge in [-0.15, -0.1) is 0 Å². The van der Waals surface area contributed by atoms with Crippen molar-refractivity contribution in [2.24, 2.45) is 0 Å². The van der Waals surface area contributed by atoms with Crippen molar-refractivity contribution in [1.29, 1.82) is 0 Å². The van der Waals surface area contributed by atoms with E-state index in [1.165, 1.54) is 18.2 Å². The lowest BCUT2D eigenvalue weighted by Gasteiger charge is -2.02. The molecule has 65 valence electrons. The minimum atomic E-state index is -0.421. The number of hydrogen-bond acceptors (Lipinski definition) is 1. The first-order chi connectivity index (χ1) is 5.83. The van der Waals surface area contributed by atoms with Crippen molar-refractivity contribution in [2.75, 3.05) is 13.3 Å². The zero-order valence-electron chi connectivity index (χ0n) is 6.52. The van der Waals surface area contributed by atoms with Gasteiger partial charge in [-0.05, 0) is 12.1 Å². The van der Waals surface area contributed by atoms with Crippen LogP contribution in [-0.4, -0.2) is 13.3 Å². The third-order valence-corrected chi connectivity index (χ3v) is 1.27. The highest BCUT2D eigenvalue weighted by molar-refractivity contribution is 5.20. The topological polar surface area (TPSA) is 9.23 Å². The second-order valence-electron chi connectivity index (χ2n) is 2.26. The summed E-state index contributed by atoms with van der Waals surface area (Å²) in [5.41, 5.74) is 0. The summed E-state index contributed by atoms with van der Waals surface area (Å²) in [6.07, 6.45) is 0.324. The maximum absolute atomic E-state index is 12.5. The van der Waals surface area contributed by atoms with Crippen LogP contribution in [0.5, 0.6) is 5.75 Å². The predicted octanol–water partition coefficient (Wildman–Crippen LogP) is 2.36. The van der Waals surface area contributed by atoms with E-state index in [9.17, 15) is 8.78 Å². The molecule has 0 N–H and O–H groups in total. The van der Waals surface area contributed by atoms with Gasteiger partial charge >= 0.3 is 0 Å². The van der Waals surface area contributed by atoms with E-state index >= 15 is 0 Å². The number of rotatable bonds is 4. The summed E-state index contributed by atoms with van der Waals surface area (Å²) >= 11 is 0. The summed E-state index contributed by atoms with van der Waals surface area (Å²) in [6.45, 7) is -0.161. The lowest BCUT2D eigenvalue weighted by molar-refractivity contribution is 0.288. The quantitative estimate of drug-likeness (QED) is 0.632. The Kier molecular flexibility index (Phi) is 3.51. The van der Waals surface area contributed by atoms with Gasteiger partial charge in [0.2, 0.25) is 0 Å². The fourth-order valence-corrected chi connectivity index (χ4v) is 0.738. The van der Waals surface area contributed by atoms with Gasteiger partial charge in [-0.1, -0.05) is 0 Å². The smallest absolute Gasteiger partial charge is 0.130 e. The predicted molar refractivity (Wildman–Crippen MR) is 41.3 cm³/mol. The molecule has 0 spiro atoms. The van der Waals surface area contributed by atoms with E-state index in [2.05, 4.69) is 6.07 Å². The SMILES string of the molecule is FCCCOc1[c]ccc(F)c1. The van der Waals surface area contributed by atoms with Crippen LogP contribution in [-0.2, 0) is 0 Å². The van der Waals surface area contributed by atoms with E-state index in [-0.39, 0.29) is 12.4 Å². The number of alkyl halides is 1. The summed E-state index contributed by atoms with van der Waals surface area (Å²) in [7, 11) is 0. The van der Waals surface area contributed by atoms with Crippen LogP contribution >= 0.6 is 0 Å². The van der Waals surface area contributed by atoms with Crippen LogP contribution in [0.4, 0.5) is 8.78 Å². The molecule has 0 saturated heterocycles. The van der Waals surface area contributed by atoms with Gasteiger partial charge in [0.1, 0.15) is 11.6 Å². The summed E-state index contributed by atoms with van der Waals surface area (Å²) in [5, 5.41) is 0. The summed E-state index contributed by atoms with van der Waals surface area (Å²) in [4.78, 5) is 0. The normalized spacial score (nSPS) is 9.83. The summed E-state index contributed by atoms with van der Waals surface area (Å²) < 4.78 is 29.1. The lowest BCUT2D eigenvalue weighted by Crippen LogP contribution is -1.98. The molecule has 0 unspecified atom stereocenters. The second-order valence-corrected chi connectivity index (χ2v) is 2.26. The van der Waals surface area contributed by atoms with Gasteiger partial charge in [0.15, 0.2) is 0 Å². The first-order valence-corrected chi connectivity index (χ1v) is 3.69. The first-order valence-electron chi connectivity index (χ1n) is 3.69. The van der Waals surface area contributed by atoms with E-state index < -0.39 is 6.67 Å². The highest BCUT2D eigenvalue weighted by Gasteiger charge is 1.95. The van der Waals surface area contributed by atoms with E-state index in [0.29, 0.717) is 12.2 Å². The maximum Gasteiger partial charge on any atom is 0.130 e. The van der Waals surface area contributed by atoms with E-state index in [0.717, 1.165) is 0 Å². The number of benzene rings is 1. The number of ether oxygens (including phenoxy) is 1. The van der Waals surface area contributed by atoms with Gasteiger partial charge in [-0.2, -0.15) is 0 Å². The highest BCUT2D eigenvalue weighted by Crippen LogP contribution is 2.10. The molecule has 0 atom stereocenters. The Morgan fingerprint density at radius 3 is 3.00 bits per heavy atom. The average Bonchev–Trinajstić information content (AvgIpc) is 2.05. The van der Waals surface area contributed by atoms with E-state index in [4.69, 9.17) is 4.74 Å². The fraction of sp³-hybridized carbons (Fsp3) is 0.333. The van der Waals surface area contributed by atoms with Crippen LogP contribution < -0.4 is 4.74 Å². The van der Waals surface area contributed by atoms with Gasteiger partial charge in [-0.3, -0.25) is 4.39 Å². The first kappa shape index (κ1) is 8.97. The molecule has 12 heavy (non-hydrogen) atoms. The Labute approximate surface area is 70.0 Å². The van der Waals surface area contributed by atoms with Crippen molar-refractivity contribution in [3.05, 3.63) is 30.1 Å². The molecule has 0 heterocycles. The van der Waals surface area contributed by atoms with Gasteiger partial charge in [-0.25, -0.2) is 4.39 Å². The highest BCUT2D eigenvalue weighted by atomic mass is 19.1. The number of halogens is 2. The molecule has 0 fully saturated rings. The minimum absolute atomic E-state index is 0.260. The van der Waals surface area contributed by atoms with Crippen molar-refractivity contribution >= 4 is 0 Å². The molecule has 1 rings (SSSR count). The Balaban J connectivity index is 2.41. The van der Waals surface area contributed by atoms with Gasteiger partial charge < -0.3 is 4.74 Å². The fourth-order valence-electron chi connectivity index (χ4n) is 0.738. The summed E-state index contributed by atoms with van der Waals surface area (Å²) in [6, 6.07) is 6.61. The van der Waals surface area contributed by atoms with Crippen molar-refractivity contribution in [3.8, 4) is 5.75 Å². The standard InChI is InChI=1S/C9H9F2O/c10-5-2-6-12-9-4-1-3-8(11)7-9/h1,3,7H,2,5-6H2. The van der Waals surface area contributed by atoms with Crippen molar-refractivity contribution in [2.45, 2.75) is 6.42 Å². The Hall–Kier alpha value is -1.12. The average molecular weight is 171 g/mol. The molecule has 0 aliphatic rings. The third-order valence-electron chi connectivity index (χ3n) is 1.27. The molecule has 1 nitrogen and oxygen atoms in total. The molecular weight excluding hydrogens is 162 g/mol. The Bertz CT molecular complexity index is 238. The monoisotopic (exact) mass is 171 g/mol. The molecule has 0 aliphatic heterocycles. The van der Waals surface area contributed by atoms with Crippen molar-refractivity contribution in [3.63, 3.8) is 0 Å². The molecule has 3 heteroatoms. The Morgan fingerprint density at radius 1 is 1.50 bits per heavy atom. The van der Waals surface area contributed by atoms with E-state index in [1.54, 1.807) is 0 Å². The van der Waals surface area contributed by atoms with Gasteiger partial charge in [0.25, 0.3) is 0 Å². The second kappa shape index (κ2) is 4.70. The van der Waals surface area contributed by atoms with E-state index in [1.807, 2.05) is 0 Å². The molecule has 0 amide bonds. The minimum Gasteiger partial charge on any atom is -0.493 e. The van der Waals surface area contributed by atoms with Crippen molar-refractivity contribution < 1.29 is 13.5 Å². The zero-order chi connectivity index (χ0) is 8.81. The molecule has 1 radical (unpaired) electrons. The third kappa shape index (κ3) is 2.86. The van der Waals surface area contributed by atoms with Crippen LogP contribution in [0.25, 0.3) is 0 Å². The largest absolute Gasteiger partial charge is 0.493 e. The van der Waals surface area contributed by atoms with Crippen LogP contribution in [0.3, 0.4) is 0 Å². The molecule has 0 bridgehead atoms. The molecule has 1 aromatic carbocycles. The molecular formula is C9H9F2O. The van der Waals surface area contributed by atoms with Crippen LogP contribution in [0.1, 0.15) is 6.42 Å². The molecule has 0 aliphatic carbocycles. The molecule has 1 aromatic rings. The van der Waals surface area contributed by atoms with Crippen LogP contribution in [0.15, 0.2) is 18.2 Å². The Morgan fingerprint density at radius 2 is 2.33 bits per heavy atom. The molecule has 0 aromatic heterocycles. The van der Waals surface area contributed by atoms with Crippen LogP contribution in [0.2, 0.25) is 0 Å². The number of hydrogen-bond donors (Lipinski definition) is 0. The zero-order valence-corrected chi connectivity index (χ0v) is 6.52. The maximum atomic E-state index is 12.5. The van der Waals surface area contributed by atoms with Crippen LogP contribution in [0, 0.1) is 11.9 Å². The van der Waals surface area contributed by atoms with Gasteiger partial charge in [0, 0.05) is 18.6 Å². The van der Waals surface area contributed by atoms with Crippen molar-refractivity contribution in [1.82, 2.24) is 0 Å². The van der Waals surface area contributed by atoms with Gasteiger partial charge in [0.05, 0.1) is 13.3 Å². The lowest BCUT2D eigenvalue weighted by atomic mass is 10.3.